The van der Waals surface area contributed by atoms with Crippen LogP contribution in [0.5, 0.6) is 0 Å². The van der Waals surface area contributed by atoms with Crippen LogP contribution in [0.15, 0.2) is 0 Å². The van der Waals surface area contributed by atoms with E-state index in [9.17, 15) is 8.42 Å². The fourth-order valence-corrected chi connectivity index (χ4v) is 4.32. The van der Waals surface area contributed by atoms with E-state index in [2.05, 4.69) is 31.2 Å². The fourth-order valence-electron chi connectivity index (χ4n) is 3.63. The lowest BCUT2D eigenvalue weighted by atomic mass is 9.74. The van der Waals surface area contributed by atoms with Gasteiger partial charge in [-0.15, -0.1) is 0 Å². The van der Waals surface area contributed by atoms with Crippen molar-refractivity contribution in [2.45, 2.75) is 63.5 Å². The molecule has 20 heavy (non-hydrogen) atoms. The number of nitrogens with zero attached hydrogens (tertiary/aromatic N) is 1. The molecule has 4 nitrogen and oxygen atoms in total. The van der Waals surface area contributed by atoms with E-state index in [1.807, 2.05) is 0 Å². The second-order valence-corrected chi connectivity index (χ2v) is 8.70. The molecule has 0 bridgehead atoms. The van der Waals surface area contributed by atoms with Gasteiger partial charge in [-0.1, -0.05) is 26.2 Å². The van der Waals surface area contributed by atoms with E-state index in [-0.39, 0.29) is 5.54 Å². The molecule has 1 N–H and O–H groups in total. The highest BCUT2D eigenvalue weighted by molar-refractivity contribution is 7.90. The fraction of sp³-hybridized carbons (Fsp3) is 1.00. The Bertz CT molecular complexity index is 373. The first-order valence-electron chi connectivity index (χ1n) is 7.90. The van der Waals surface area contributed by atoms with Gasteiger partial charge in [0.15, 0.2) is 0 Å². The molecule has 1 atom stereocenters. The Balaban J connectivity index is 2.74. The van der Waals surface area contributed by atoms with Crippen molar-refractivity contribution in [3.8, 4) is 0 Å². The molecule has 0 aromatic carbocycles. The molecule has 1 fully saturated rings. The van der Waals surface area contributed by atoms with Gasteiger partial charge < -0.3 is 10.2 Å². The van der Waals surface area contributed by atoms with Gasteiger partial charge in [0.05, 0.1) is 0 Å². The number of hydrogen-bond acceptors (Lipinski definition) is 4. The standard InChI is InChI=1S/C15H32N2O2S/c1-5-16-14(10-9-13-20(4,18)19)15(17(2)3)11-7-6-8-12-15/h14,16H,5-13H2,1-4H3. The summed E-state index contributed by atoms with van der Waals surface area (Å²) in [5.74, 6) is 0.304. The van der Waals surface area contributed by atoms with Crippen molar-refractivity contribution in [2.24, 2.45) is 0 Å². The SMILES string of the molecule is CCNC(CCCS(C)(=O)=O)C1(N(C)C)CCCCC1. The Morgan fingerprint density at radius 3 is 2.25 bits per heavy atom. The lowest BCUT2D eigenvalue weighted by Crippen LogP contribution is -2.60. The molecule has 0 aromatic heterocycles. The lowest BCUT2D eigenvalue weighted by molar-refractivity contribution is 0.0539. The van der Waals surface area contributed by atoms with Gasteiger partial charge in [0.1, 0.15) is 9.84 Å². The van der Waals surface area contributed by atoms with Gasteiger partial charge in [-0.05, 0) is 46.3 Å². The van der Waals surface area contributed by atoms with Crippen molar-refractivity contribution in [2.75, 3.05) is 32.6 Å². The minimum Gasteiger partial charge on any atom is -0.312 e. The second-order valence-electron chi connectivity index (χ2n) is 6.44. The quantitative estimate of drug-likeness (QED) is 0.746. The van der Waals surface area contributed by atoms with E-state index >= 15 is 0 Å². The van der Waals surface area contributed by atoms with E-state index in [0.29, 0.717) is 11.8 Å². The first kappa shape index (κ1) is 17.9. The van der Waals surface area contributed by atoms with Crippen LogP contribution in [0, 0.1) is 0 Å². The van der Waals surface area contributed by atoms with Crippen molar-refractivity contribution in [3.63, 3.8) is 0 Å². The summed E-state index contributed by atoms with van der Waals surface area (Å²) in [7, 11) is 1.50. The highest BCUT2D eigenvalue weighted by Crippen LogP contribution is 2.36. The zero-order valence-electron chi connectivity index (χ0n) is 13.6. The normalized spacial score (nSPS) is 21.1. The molecule has 0 amide bonds. The van der Waals surface area contributed by atoms with E-state index < -0.39 is 9.84 Å². The molecule has 0 spiro atoms. The van der Waals surface area contributed by atoms with Crippen molar-refractivity contribution < 1.29 is 8.42 Å². The van der Waals surface area contributed by atoms with Gasteiger partial charge >= 0.3 is 0 Å². The van der Waals surface area contributed by atoms with Crippen LogP contribution in [0.4, 0.5) is 0 Å². The monoisotopic (exact) mass is 304 g/mol. The highest BCUT2D eigenvalue weighted by Gasteiger charge is 2.40. The number of rotatable bonds is 8. The summed E-state index contributed by atoms with van der Waals surface area (Å²) in [5, 5.41) is 3.62. The molecule has 5 heteroatoms. The molecule has 1 aliphatic rings. The third-order valence-corrected chi connectivity index (χ3v) is 5.75. The van der Waals surface area contributed by atoms with Crippen molar-refractivity contribution in [1.82, 2.24) is 10.2 Å². The van der Waals surface area contributed by atoms with Crippen LogP contribution in [0.3, 0.4) is 0 Å². The largest absolute Gasteiger partial charge is 0.312 e. The average Bonchev–Trinajstić information content (AvgIpc) is 2.37. The Labute approximate surface area is 125 Å². The smallest absolute Gasteiger partial charge is 0.147 e. The molecule has 120 valence electrons. The van der Waals surface area contributed by atoms with E-state index in [0.717, 1.165) is 19.4 Å². The van der Waals surface area contributed by atoms with Gasteiger partial charge in [-0.25, -0.2) is 8.42 Å². The molecule has 0 aliphatic heterocycles. The molecule has 0 heterocycles. The maximum Gasteiger partial charge on any atom is 0.147 e. The lowest BCUT2D eigenvalue weighted by Gasteiger charge is -2.49. The third kappa shape index (κ3) is 5.01. The summed E-state index contributed by atoms with van der Waals surface area (Å²) in [4.78, 5) is 2.37. The first-order valence-corrected chi connectivity index (χ1v) is 9.96. The van der Waals surface area contributed by atoms with Crippen molar-refractivity contribution >= 4 is 9.84 Å². The summed E-state index contributed by atoms with van der Waals surface area (Å²) in [6.07, 6.45) is 9.37. The minimum atomic E-state index is -2.85. The van der Waals surface area contributed by atoms with Crippen LogP contribution in [0.2, 0.25) is 0 Å². The Kier molecular flexibility index (Phi) is 6.95. The predicted molar refractivity (Wildman–Crippen MR) is 85.9 cm³/mol. The summed E-state index contributed by atoms with van der Waals surface area (Å²) in [5.41, 5.74) is 0.200. The Morgan fingerprint density at radius 2 is 1.80 bits per heavy atom. The predicted octanol–water partition coefficient (Wildman–Crippen LogP) is 2.05. The molecule has 1 aliphatic carbocycles. The first-order chi connectivity index (χ1) is 9.32. The number of hydrogen-bond donors (Lipinski definition) is 1. The van der Waals surface area contributed by atoms with Crippen LogP contribution in [0.25, 0.3) is 0 Å². The summed E-state index contributed by atoms with van der Waals surface area (Å²) >= 11 is 0. The number of likely N-dealkylation sites (N-methyl/N-ethyl adjacent to an activating group) is 2. The van der Waals surface area contributed by atoms with Gasteiger partial charge in [0.2, 0.25) is 0 Å². The molecular weight excluding hydrogens is 272 g/mol. The molecule has 1 saturated carbocycles. The van der Waals surface area contributed by atoms with Crippen LogP contribution in [0.1, 0.15) is 51.9 Å². The number of nitrogens with one attached hydrogen (secondary N) is 1. The molecule has 1 rings (SSSR count). The van der Waals surface area contributed by atoms with E-state index in [1.54, 1.807) is 0 Å². The van der Waals surface area contributed by atoms with Gasteiger partial charge in [-0.2, -0.15) is 0 Å². The van der Waals surface area contributed by atoms with Gasteiger partial charge in [0, 0.05) is 23.6 Å². The topological polar surface area (TPSA) is 49.4 Å². The number of sulfone groups is 1. The average molecular weight is 305 g/mol. The van der Waals surface area contributed by atoms with Crippen LogP contribution >= 0.6 is 0 Å². The zero-order chi connectivity index (χ0) is 15.2. The van der Waals surface area contributed by atoms with Crippen LogP contribution < -0.4 is 5.32 Å². The molecule has 0 saturated heterocycles. The summed E-state index contributed by atoms with van der Waals surface area (Å²) < 4.78 is 22.7. The van der Waals surface area contributed by atoms with Crippen LogP contribution in [-0.2, 0) is 9.84 Å². The Morgan fingerprint density at radius 1 is 1.20 bits per heavy atom. The van der Waals surface area contributed by atoms with Crippen LogP contribution in [-0.4, -0.2) is 57.5 Å². The zero-order valence-corrected chi connectivity index (χ0v) is 14.4. The highest BCUT2D eigenvalue weighted by atomic mass is 32.2. The minimum absolute atomic E-state index is 0.200. The van der Waals surface area contributed by atoms with E-state index in [1.165, 1.54) is 38.4 Å². The maximum atomic E-state index is 11.3. The molecule has 0 aromatic rings. The molecule has 0 radical (unpaired) electrons. The summed E-state index contributed by atoms with van der Waals surface area (Å²) in [6, 6.07) is 0.393. The molecule has 1 unspecified atom stereocenters. The van der Waals surface area contributed by atoms with Crippen molar-refractivity contribution in [1.29, 1.82) is 0 Å². The maximum absolute atomic E-state index is 11.3. The molecular formula is C15H32N2O2S. The second kappa shape index (κ2) is 7.76. The third-order valence-electron chi connectivity index (χ3n) is 4.72. The van der Waals surface area contributed by atoms with Gasteiger partial charge in [0.25, 0.3) is 0 Å². The van der Waals surface area contributed by atoms with E-state index in [4.69, 9.17) is 0 Å². The summed E-state index contributed by atoms with van der Waals surface area (Å²) in [6.45, 7) is 3.08. The van der Waals surface area contributed by atoms with Gasteiger partial charge in [-0.3, -0.25) is 0 Å². The Hall–Kier alpha value is -0.130. The van der Waals surface area contributed by atoms with Crippen molar-refractivity contribution in [3.05, 3.63) is 0 Å².